The van der Waals surface area contributed by atoms with Gasteiger partial charge in [-0.05, 0) is 43.2 Å². The van der Waals surface area contributed by atoms with Crippen molar-refractivity contribution in [3.63, 3.8) is 0 Å². The lowest BCUT2D eigenvalue weighted by atomic mass is 9.95. The number of nitrogens with zero attached hydrogens (tertiary/aromatic N) is 5. The van der Waals surface area contributed by atoms with Crippen LogP contribution in [-0.2, 0) is 9.59 Å². The van der Waals surface area contributed by atoms with Gasteiger partial charge in [-0.1, -0.05) is 23.7 Å². The fraction of sp³-hybridized carbons (Fsp3) is 0.364. The smallest absolute Gasteiger partial charge is 0.228 e. The van der Waals surface area contributed by atoms with Crippen molar-refractivity contribution in [2.24, 2.45) is 5.92 Å². The van der Waals surface area contributed by atoms with Crippen LogP contribution in [0.15, 0.2) is 48.7 Å². The number of hydrogen-bond acceptors (Lipinski definition) is 4. The van der Waals surface area contributed by atoms with Crippen molar-refractivity contribution in [2.75, 3.05) is 24.5 Å². The van der Waals surface area contributed by atoms with Gasteiger partial charge < -0.3 is 9.80 Å². The number of rotatable bonds is 3. The molecule has 2 aliphatic heterocycles. The Labute approximate surface area is 179 Å². The maximum Gasteiger partial charge on any atom is 0.228 e. The predicted molar refractivity (Wildman–Crippen MR) is 113 cm³/mol. The first kappa shape index (κ1) is 19.1. The van der Waals surface area contributed by atoms with E-state index < -0.39 is 0 Å². The molecule has 1 aromatic carbocycles. The van der Waals surface area contributed by atoms with Gasteiger partial charge in [-0.2, -0.15) is 0 Å². The van der Waals surface area contributed by atoms with E-state index in [-0.39, 0.29) is 30.1 Å². The molecule has 2 amide bonds. The zero-order valence-electron chi connectivity index (χ0n) is 16.4. The second-order valence-corrected chi connectivity index (χ2v) is 8.43. The molecule has 2 aromatic heterocycles. The number of carbonyl (C=O) groups is 2. The molecular weight excluding hydrogens is 402 g/mol. The van der Waals surface area contributed by atoms with E-state index in [2.05, 4.69) is 10.2 Å². The number of benzene rings is 1. The summed E-state index contributed by atoms with van der Waals surface area (Å²) in [6.07, 6.45) is 4.08. The molecule has 8 heteroatoms. The Bertz CT molecular complexity index is 1110. The van der Waals surface area contributed by atoms with Crippen LogP contribution in [0, 0.1) is 5.92 Å². The molecule has 0 bridgehead atoms. The molecule has 2 aliphatic rings. The van der Waals surface area contributed by atoms with E-state index in [0.717, 1.165) is 30.0 Å². The first-order valence-corrected chi connectivity index (χ1v) is 10.6. The number of hydrogen-bond donors (Lipinski definition) is 0. The van der Waals surface area contributed by atoms with Crippen LogP contribution < -0.4 is 4.90 Å². The van der Waals surface area contributed by atoms with E-state index in [9.17, 15) is 9.59 Å². The fourth-order valence-corrected chi connectivity index (χ4v) is 4.74. The summed E-state index contributed by atoms with van der Waals surface area (Å²) in [5.74, 6) is 0.719. The molecule has 154 valence electrons. The van der Waals surface area contributed by atoms with Gasteiger partial charge in [0.2, 0.25) is 11.8 Å². The summed E-state index contributed by atoms with van der Waals surface area (Å²) in [5.41, 5.74) is 1.56. The van der Waals surface area contributed by atoms with Crippen LogP contribution in [0.2, 0.25) is 5.02 Å². The van der Waals surface area contributed by atoms with E-state index in [0.29, 0.717) is 24.7 Å². The first-order chi connectivity index (χ1) is 14.6. The maximum atomic E-state index is 13.2. The minimum Gasteiger partial charge on any atom is -0.342 e. The van der Waals surface area contributed by atoms with Crippen molar-refractivity contribution < 1.29 is 9.59 Å². The molecule has 0 aliphatic carbocycles. The summed E-state index contributed by atoms with van der Waals surface area (Å²) in [5, 5.41) is 9.21. The summed E-state index contributed by atoms with van der Waals surface area (Å²) in [6.45, 7) is 1.72. The molecule has 3 aromatic rings. The Hall–Kier alpha value is -2.93. The third-order valence-electron chi connectivity index (χ3n) is 6.03. The van der Waals surface area contributed by atoms with Crippen LogP contribution in [0.5, 0.6) is 0 Å². The van der Waals surface area contributed by atoms with Gasteiger partial charge in [-0.15, -0.1) is 10.2 Å². The summed E-state index contributed by atoms with van der Waals surface area (Å²) in [7, 11) is 0. The summed E-state index contributed by atoms with van der Waals surface area (Å²) in [4.78, 5) is 29.4. The number of carbonyl (C=O) groups excluding carboxylic acids is 2. The van der Waals surface area contributed by atoms with Gasteiger partial charge in [0, 0.05) is 48.9 Å². The van der Waals surface area contributed by atoms with Crippen molar-refractivity contribution in [3.05, 3.63) is 59.5 Å². The van der Waals surface area contributed by atoms with E-state index >= 15 is 0 Å². The third kappa shape index (κ3) is 3.43. The highest BCUT2D eigenvalue weighted by Crippen LogP contribution is 2.31. The molecule has 30 heavy (non-hydrogen) atoms. The Balaban J connectivity index is 1.31. The third-order valence-corrected chi connectivity index (χ3v) is 6.27. The minimum absolute atomic E-state index is 0.0346. The maximum absolute atomic E-state index is 13.2. The standard InChI is InChI=1S/C22H22ClN5O2/c23-17-6-3-7-18(12-17)28-14-16(11-20(28)29)22(30)26-9-4-5-15(13-26)21-25-24-19-8-1-2-10-27(19)21/h1-3,6-8,10,12,15-16H,4-5,9,11,13-14H2/t15-,16+/m1/s1. The Kier molecular flexibility index (Phi) is 4.90. The highest BCUT2D eigenvalue weighted by Gasteiger charge is 2.39. The van der Waals surface area contributed by atoms with Crippen LogP contribution in [0.3, 0.4) is 0 Å². The Morgan fingerprint density at radius 2 is 2.00 bits per heavy atom. The fourth-order valence-electron chi connectivity index (χ4n) is 4.55. The molecule has 0 radical (unpaired) electrons. The van der Waals surface area contributed by atoms with Gasteiger partial charge in [0.1, 0.15) is 5.82 Å². The second-order valence-electron chi connectivity index (χ2n) is 8.00. The number of pyridine rings is 1. The molecule has 2 atom stereocenters. The van der Waals surface area contributed by atoms with Crippen LogP contribution in [-0.4, -0.2) is 50.9 Å². The Morgan fingerprint density at radius 1 is 1.10 bits per heavy atom. The average molecular weight is 424 g/mol. The predicted octanol–water partition coefficient (Wildman–Crippen LogP) is 3.14. The van der Waals surface area contributed by atoms with E-state index in [1.165, 1.54) is 0 Å². The Morgan fingerprint density at radius 3 is 2.87 bits per heavy atom. The number of aromatic nitrogens is 3. The largest absolute Gasteiger partial charge is 0.342 e. The topological polar surface area (TPSA) is 70.8 Å². The SMILES string of the molecule is O=C([C@H]1CC(=O)N(c2cccc(Cl)c2)C1)N1CCC[C@@H](c2nnc3ccccn23)C1. The van der Waals surface area contributed by atoms with Gasteiger partial charge in [0.15, 0.2) is 5.65 Å². The summed E-state index contributed by atoms with van der Waals surface area (Å²) in [6, 6.07) is 13.0. The van der Waals surface area contributed by atoms with E-state index in [1.54, 1.807) is 17.0 Å². The lowest BCUT2D eigenvalue weighted by molar-refractivity contribution is -0.137. The lowest BCUT2D eigenvalue weighted by Crippen LogP contribution is -2.43. The van der Waals surface area contributed by atoms with Crippen molar-refractivity contribution in [1.82, 2.24) is 19.5 Å². The molecule has 0 spiro atoms. The van der Waals surface area contributed by atoms with Crippen molar-refractivity contribution >= 4 is 34.7 Å². The molecule has 0 unspecified atom stereocenters. The molecule has 5 rings (SSSR count). The quantitative estimate of drug-likeness (QED) is 0.648. The van der Waals surface area contributed by atoms with Crippen LogP contribution in [0.4, 0.5) is 5.69 Å². The number of piperidine rings is 1. The second kappa shape index (κ2) is 7.72. The molecule has 4 heterocycles. The van der Waals surface area contributed by atoms with Crippen LogP contribution in [0.1, 0.15) is 31.0 Å². The van der Waals surface area contributed by atoms with E-state index in [4.69, 9.17) is 11.6 Å². The molecular formula is C22H22ClN5O2. The lowest BCUT2D eigenvalue weighted by Gasteiger charge is -2.33. The molecule has 2 fully saturated rings. The van der Waals surface area contributed by atoms with Crippen LogP contribution >= 0.6 is 11.6 Å². The van der Waals surface area contributed by atoms with Gasteiger partial charge >= 0.3 is 0 Å². The van der Waals surface area contributed by atoms with Crippen molar-refractivity contribution in [1.29, 1.82) is 0 Å². The van der Waals surface area contributed by atoms with Gasteiger partial charge in [0.25, 0.3) is 0 Å². The van der Waals surface area contributed by atoms with Gasteiger partial charge in [-0.25, -0.2) is 0 Å². The van der Waals surface area contributed by atoms with Crippen molar-refractivity contribution in [2.45, 2.75) is 25.2 Å². The van der Waals surface area contributed by atoms with Gasteiger partial charge in [0.05, 0.1) is 5.92 Å². The monoisotopic (exact) mass is 423 g/mol. The molecule has 0 N–H and O–H groups in total. The summed E-state index contributed by atoms with van der Waals surface area (Å²) < 4.78 is 2.00. The number of halogens is 1. The molecule has 7 nitrogen and oxygen atoms in total. The highest BCUT2D eigenvalue weighted by molar-refractivity contribution is 6.31. The molecule has 2 saturated heterocycles. The zero-order chi connectivity index (χ0) is 20.7. The number of likely N-dealkylation sites (tertiary alicyclic amines) is 1. The van der Waals surface area contributed by atoms with E-state index in [1.807, 2.05) is 45.8 Å². The van der Waals surface area contributed by atoms with Crippen LogP contribution in [0.25, 0.3) is 5.65 Å². The highest BCUT2D eigenvalue weighted by atomic mass is 35.5. The number of amides is 2. The summed E-state index contributed by atoms with van der Waals surface area (Å²) >= 11 is 6.07. The first-order valence-electron chi connectivity index (χ1n) is 10.2. The van der Waals surface area contributed by atoms with Crippen molar-refractivity contribution in [3.8, 4) is 0 Å². The average Bonchev–Trinajstić information content (AvgIpc) is 3.37. The number of anilines is 1. The van der Waals surface area contributed by atoms with Gasteiger partial charge in [-0.3, -0.25) is 14.0 Å². The zero-order valence-corrected chi connectivity index (χ0v) is 17.2. The number of fused-ring (bicyclic) bond motifs is 1. The minimum atomic E-state index is -0.328. The molecule has 0 saturated carbocycles. The normalized spacial score (nSPS) is 22.1.